The van der Waals surface area contributed by atoms with Crippen LogP contribution in [0, 0.1) is 0 Å². The van der Waals surface area contributed by atoms with E-state index in [4.69, 9.17) is 10.6 Å². The van der Waals surface area contributed by atoms with E-state index in [0.717, 1.165) is 42.3 Å². The lowest BCUT2D eigenvalue weighted by Gasteiger charge is -2.30. The first-order valence-electron chi connectivity index (χ1n) is 7.20. The number of benzene rings is 2. The van der Waals surface area contributed by atoms with Crippen molar-refractivity contribution in [2.24, 2.45) is 5.84 Å². The number of fused-ring (bicyclic) bond motifs is 1. The molecule has 1 aliphatic rings. The van der Waals surface area contributed by atoms with Gasteiger partial charge in [-0.15, -0.1) is 0 Å². The van der Waals surface area contributed by atoms with Crippen molar-refractivity contribution in [1.82, 2.24) is 5.01 Å². The molecule has 1 amide bonds. The van der Waals surface area contributed by atoms with Crippen LogP contribution in [0.2, 0.25) is 0 Å². The highest BCUT2D eigenvalue weighted by Crippen LogP contribution is 2.20. The molecule has 1 fully saturated rings. The van der Waals surface area contributed by atoms with Gasteiger partial charge >= 0.3 is 6.09 Å². The van der Waals surface area contributed by atoms with Gasteiger partial charge in [-0.1, -0.05) is 30.3 Å². The average Bonchev–Trinajstić information content (AvgIpc) is 2.49. The zero-order valence-corrected chi connectivity index (χ0v) is 11.8. The van der Waals surface area contributed by atoms with Crippen molar-refractivity contribution in [1.29, 1.82) is 0 Å². The van der Waals surface area contributed by atoms with Crippen LogP contribution in [0.25, 0.3) is 10.8 Å². The maximum atomic E-state index is 11.9. The summed E-state index contributed by atoms with van der Waals surface area (Å²) in [6, 6.07) is 13.8. The molecule has 0 spiro atoms. The summed E-state index contributed by atoms with van der Waals surface area (Å²) < 4.78 is 5.37. The number of piperidine rings is 1. The van der Waals surface area contributed by atoms with Crippen molar-refractivity contribution in [3.8, 4) is 0 Å². The van der Waals surface area contributed by atoms with Crippen LogP contribution >= 0.6 is 0 Å². The van der Waals surface area contributed by atoms with Crippen LogP contribution in [0.1, 0.15) is 19.3 Å². The number of anilines is 1. The third-order valence-corrected chi connectivity index (χ3v) is 3.73. The molecule has 0 aromatic heterocycles. The lowest BCUT2D eigenvalue weighted by Crippen LogP contribution is -2.47. The molecule has 1 atom stereocenters. The third-order valence-electron chi connectivity index (χ3n) is 3.73. The molecule has 1 aliphatic heterocycles. The monoisotopic (exact) mass is 285 g/mol. The largest absolute Gasteiger partial charge is 0.429 e. The fourth-order valence-electron chi connectivity index (χ4n) is 2.59. The Kier molecular flexibility index (Phi) is 4.03. The van der Waals surface area contributed by atoms with Gasteiger partial charge in [-0.05, 0) is 42.2 Å². The number of amides is 1. The molecule has 0 radical (unpaired) electrons. The third kappa shape index (κ3) is 3.32. The van der Waals surface area contributed by atoms with Crippen molar-refractivity contribution in [3.05, 3.63) is 42.5 Å². The van der Waals surface area contributed by atoms with Crippen LogP contribution in [0.5, 0.6) is 0 Å². The predicted molar refractivity (Wildman–Crippen MR) is 82.6 cm³/mol. The van der Waals surface area contributed by atoms with Crippen molar-refractivity contribution < 1.29 is 9.53 Å². The Morgan fingerprint density at radius 3 is 2.81 bits per heavy atom. The zero-order chi connectivity index (χ0) is 14.7. The minimum Gasteiger partial charge on any atom is -0.429 e. The fraction of sp³-hybridized carbons (Fsp3) is 0.312. The first-order chi connectivity index (χ1) is 10.2. The summed E-state index contributed by atoms with van der Waals surface area (Å²) in [6.07, 6.45) is 2.05. The molecule has 21 heavy (non-hydrogen) atoms. The number of rotatable bonds is 2. The summed E-state index contributed by atoms with van der Waals surface area (Å²) >= 11 is 0. The minimum atomic E-state index is -0.465. The lowest BCUT2D eigenvalue weighted by atomic mass is 10.1. The summed E-state index contributed by atoms with van der Waals surface area (Å²) in [4.78, 5) is 11.9. The predicted octanol–water partition coefficient (Wildman–Crippen LogP) is 3.07. The van der Waals surface area contributed by atoms with Crippen LogP contribution in [0.15, 0.2) is 42.5 Å². The summed E-state index contributed by atoms with van der Waals surface area (Å²) in [6.45, 7) is 0.758. The van der Waals surface area contributed by atoms with E-state index in [-0.39, 0.29) is 6.23 Å². The highest BCUT2D eigenvalue weighted by atomic mass is 16.6. The number of hydrogen-bond donors (Lipinski definition) is 2. The molecule has 5 heteroatoms. The number of nitrogens with one attached hydrogen (secondary N) is 1. The standard InChI is InChI=1S/C16H19N3O2/c17-19-10-4-3-7-15(19)21-16(20)18-14-9-8-12-5-1-2-6-13(12)11-14/h1-2,5-6,8-9,11,15H,3-4,7,10,17H2,(H,18,20). The summed E-state index contributed by atoms with van der Waals surface area (Å²) in [5.41, 5.74) is 0.720. The number of nitrogens with zero attached hydrogens (tertiary/aromatic N) is 1. The second-order valence-electron chi connectivity index (χ2n) is 5.28. The Morgan fingerprint density at radius 1 is 1.19 bits per heavy atom. The maximum Gasteiger partial charge on any atom is 0.413 e. The molecule has 3 rings (SSSR count). The SMILES string of the molecule is NN1CCCCC1OC(=O)Nc1ccc2ccccc2c1. The lowest BCUT2D eigenvalue weighted by molar-refractivity contribution is -0.0321. The smallest absolute Gasteiger partial charge is 0.413 e. The van der Waals surface area contributed by atoms with Crippen LogP contribution in [0.4, 0.5) is 10.5 Å². The molecule has 1 unspecified atom stereocenters. The van der Waals surface area contributed by atoms with E-state index in [2.05, 4.69) is 5.32 Å². The number of carbonyl (C=O) groups is 1. The molecule has 1 saturated heterocycles. The van der Waals surface area contributed by atoms with Gasteiger partial charge in [-0.2, -0.15) is 0 Å². The minimum absolute atomic E-state index is 0.334. The first-order valence-corrected chi connectivity index (χ1v) is 7.20. The van der Waals surface area contributed by atoms with Crippen molar-refractivity contribution >= 4 is 22.6 Å². The van der Waals surface area contributed by atoms with Crippen LogP contribution < -0.4 is 11.2 Å². The maximum absolute atomic E-state index is 11.9. The van der Waals surface area contributed by atoms with Crippen LogP contribution in [-0.4, -0.2) is 23.9 Å². The Hall–Kier alpha value is -2.11. The van der Waals surface area contributed by atoms with Gasteiger partial charge < -0.3 is 4.74 Å². The number of carbonyl (C=O) groups excluding carboxylic acids is 1. The summed E-state index contributed by atoms with van der Waals surface area (Å²) in [5, 5.41) is 6.56. The van der Waals surface area contributed by atoms with Crippen LogP contribution in [-0.2, 0) is 4.74 Å². The van der Waals surface area contributed by atoms with Gasteiger partial charge in [0.15, 0.2) is 6.23 Å². The number of hydrazine groups is 1. The molecule has 2 aromatic carbocycles. The molecular formula is C16H19N3O2. The fourth-order valence-corrected chi connectivity index (χ4v) is 2.59. The average molecular weight is 285 g/mol. The van der Waals surface area contributed by atoms with Crippen molar-refractivity contribution in [2.75, 3.05) is 11.9 Å². The Labute approximate surface area is 123 Å². The molecule has 2 aromatic rings. The van der Waals surface area contributed by atoms with Gasteiger partial charge in [0.05, 0.1) is 0 Å². The molecule has 0 aliphatic carbocycles. The van der Waals surface area contributed by atoms with E-state index < -0.39 is 6.09 Å². The van der Waals surface area contributed by atoms with E-state index in [1.165, 1.54) is 0 Å². The van der Waals surface area contributed by atoms with Gasteiger partial charge in [0.2, 0.25) is 0 Å². The van der Waals surface area contributed by atoms with Gasteiger partial charge in [-0.25, -0.2) is 9.80 Å². The first kappa shape index (κ1) is 13.9. The molecule has 5 nitrogen and oxygen atoms in total. The molecule has 110 valence electrons. The molecule has 1 heterocycles. The Balaban J connectivity index is 1.65. The second-order valence-corrected chi connectivity index (χ2v) is 5.28. The highest BCUT2D eigenvalue weighted by Gasteiger charge is 2.23. The van der Waals surface area contributed by atoms with Crippen molar-refractivity contribution in [2.45, 2.75) is 25.5 Å². The van der Waals surface area contributed by atoms with Gasteiger partial charge in [0.25, 0.3) is 0 Å². The Bertz CT molecular complexity index is 644. The molecule has 0 bridgehead atoms. The van der Waals surface area contributed by atoms with E-state index in [9.17, 15) is 4.79 Å². The van der Waals surface area contributed by atoms with Crippen molar-refractivity contribution in [3.63, 3.8) is 0 Å². The van der Waals surface area contributed by atoms with E-state index in [1.54, 1.807) is 5.01 Å². The normalized spacial score (nSPS) is 19.4. The molecule has 3 N–H and O–H groups in total. The summed E-state index contributed by atoms with van der Waals surface area (Å²) in [7, 11) is 0. The zero-order valence-electron chi connectivity index (χ0n) is 11.8. The topological polar surface area (TPSA) is 67.6 Å². The molecule has 0 saturated carbocycles. The number of hydrogen-bond acceptors (Lipinski definition) is 4. The highest BCUT2D eigenvalue weighted by molar-refractivity contribution is 5.91. The molecular weight excluding hydrogens is 266 g/mol. The van der Waals surface area contributed by atoms with E-state index in [0.29, 0.717) is 0 Å². The number of nitrogens with two attached hydrogens (primary N) is 1. The van der Waals surface area contributed by atoms with Gasteiger partial charge in [0.1, 0.15) is 0 Å². The quantitative estimate of drug-likeness (QED) is 0.832. The van der Waals surface area contributed by atoms with Crippen LogP contribution in [0.3, 0.4) is 0 Å². The van der Waals surface area contributed by atoms with Gasteiger partial charge in [0, 0.05) is 12.2 Å². The second kappa shape index (κ2) is 6.11. The number of ether oxygens (including phenoxy) is 1. The van der Waals surface area contributed by atoms with E-state index in [1.807, 2.05) is 42.5 Å². The van der Waals surface area contributed by atoms with E-state index >= 15 is 0 Å². The summed E-state index contributed by atoms with van der Waals surface area (Å²) in [5.74, 6) is 5.82. The van der Waals surface area contributed by atoms with Gasteiger partial charge in [-0.3, -0.25) is 11.2 Å². The Morgan fingerprint density at radius 2 is 2.00 bits per heavy atom.